The maximum absolute atomic E-state index is 12.9. The fourth-order valence-corrected chi connectivity index (χ4v) is 4.35. The summed E-state index contributed by atoms with van der Waals surface area (Å²) >= 11 is 1.16. The number of nitrogens with zero attached hydrogens (tertiary/aromatic N) is 4. The molecule has 1 atom stereocenters. The molecule has 33 heavy (non-hydrogen) atoms. The van der Waals surface area contributed by atoms with Crippen molar-refractivity contribution in [3.8, 4) is 5.69 Å². The van der Waals surface area contributed by atoms with Crippen molar-refractivity contribution in [2.75, 3.05) is 5.75 Å². The smallest absolute Gasteiger partial charge is 0.318 e. The van der Waals surface area contributed by atoms with Gasteiger partial charge in [0.2, 0.25) is 11.1 Å². The van der Waals surface area contributed by atoms with Crippen LogP contribution in [0.3, 0.4) is 0 Å². The van der Waals surface area contributed by atoms with Gasteiger partial charge >= 0.3 is 6.03 Å². The molecule has 2 fully saturated rings. The molecule has 0 unspecified atom stereocenters. The van der Waals surface area contributed by atoms with Crippen LogP contribution in [0.15, 0.2) is 65.8 Å². The van der Waals surface area contributed by atoms with E-state index in [1.807, 2.05) is 41.1 Å². The normalized spacial score (nSPS) is 20.1. The molecule has 0 spiro atoms. The molecule has 0 radical (unpaired) electrons. The Hall–Kier alpha value is -3.66. The lowest BCUT2D eigenvalue weighted by Gasteiger charge is -2.22. The number of hydrazine groups is 1. The van der Waals surface area contributed by atoms with Gasteiger partial charge in [-0.1, -0.05) is 60.3 Å². The van der Waals surface area contributed by atoms with Gasteiger partial charge in [0.05, 0.1) is 11.4 Å². The number of rotatable bonds is 7. The maximum atomic E-state index is 12.9. The molecular weight excluding hydrogens is 440 g/mol. The predicted molar refractivity (Wildman–Crippen MR) is 121 cm³/mol. The summed E-state index contributed by atoms with van der Waals surface area (Å²) in [5, 5.41) is 8.44. The Kier molecular flexibility index (Phi) is 5.37. The van der Waals surface area contributed by atoms with Crippen molar-refractivity contribution in [1.29, 1.82) is 0 Å². The van der Waals surface area contributed by atoms with Crippen LogP contribution >= 0.6 is 11.8 Å². The second-order valence-corrected chi connectivity index (χ2v) is 9.10. The van der Waals surface area contributed by atoms with Gasteiger partial charge in [-0.3, -0.25) is 15.0 Å². The van der Waals surface area contributed by atoms with E-state index in [9.17, 15) is 14.4 Å². The van der Waals surface area contributed by atoms with Gasteiger partial charge in [0.1, 0.15) is 11.4 Å². The van der Waals surface area contributed by atoms with E-state index in [1.165, 1.54) is 0 Å². The predicted octanol–water partition coefficient (Wildman–Crippen LogP) is 2.74. The molecule has 2 aromatic carbocycles. The quantitative estimate of drug-likeness (QED) is 0.413. The largest absolute Gasteiger partial charge is 0.344 e. The van der Waals surface area contributed by atoms with Crippen LogP contribution in [-0.4, -0.2) is 43.4 Å². The van der Waals surface area contributed by atoms with Crippen LogP contribution in [0.5, 0.6) is 0 Å². The topological polar surface area (TPSA) is 109 Å². The van der Waals surface area contributed by atoms with Crippen molar-refractivity contribution in [3.63, 3.8) is 0 Å². The molecule has 1 aliphatic carbocycles. The second-order valence-electron chi connectivity index (χ2n) is 8.16. The number of hydrogen-bond acceptors (Lipinski definition) is 6. The minimum Gasteiger partial charge on any atom is -0.318 e. The highest BCUT2D eigenvalue weighted by atomic mass is 32.2. The van der Waals surface area contributed by atoms with E-state index in [0.29, 0.717) is 16.6 Å². The lowest BCUT2D eigenvalue weighted by atomic mass is 9.92. The first-order chi connectivity index (χ1) is 16.0. The molecule has 1 aromatic heterocycles. The summed E-state index contributed by atoms with van der Waals surface area (Å²) in [6.07, 6.45) is 2.14. The lowest BCUT2D eigenvalue weighted by Crippen LogP contribution is -2.48. The van der Waals surface area contributed by atoms with Crippen LogP contribution < -0.4 is 10.7 Å². The number of para-hydroxylation sites is 1. The van der Waals surface area contributed by atoms with Crippen LogP contribution in [0.1, 0.15) is 37.1 Å². The van der Waals surface area contributed by atoms with E-state index in [1.54, 1.807) is 31.2 Å². The van der Waals surface area contributed by atoms with Gasteiger partial charge in [-0.05, 0) is 37.5 Å². The van der Waals surface area contributed by atoms with E-state index in [0.717, 1.165) is 41.1 Å². The van der Waals surface area contributed by atoms with Crippen molar-refractivity contribution in [2.45, 2.75) is 36.4 Å². The van der Waals surface area contributed by atoms with Crippen LogP contribution in [0.4, 0.5) is 4.79 Å². The van der Waals surface area contributed by atoms with Gasteiger partial charge < -0.3 is 5.32 Å². The summed E-state index contributed by atoms with van der Waals surface area (Å²) in [5.41, 5.74) is 2.73. The zero-order valence-corrected chi connectivity index (χ0v) is 18.7. The summed E-state index contributed by atoms with van der Waals surface area (Å²) < 4.78 is 1.82. The van der Waals surface area contributed by atoms with Gasteiger partial charge in [-0.2, -0.15) is 5.01 Å². The molecule has 1 aliphatic heterocycles. The zero-order valence-electron chi connectivity index (χ0n) is 17.9. The van der Waals surface area contributed by atoms with Crippen LogP contribution in [-0.2, 0) is 15.1 Å². The molecule has 4 amide bonds. The molecule has 9 nitrogen and oxygen atoms in total. The van der Waals surface area contributed by atoms with E-state index >= 15 is 0 Å². The fourth-order valence-electron chi connectivity index (χ4n) is 3.73. The Morgan fingerprint density at radius 2 is 1.79 bits per heavy atom. The Morgan fingerprint density at radius 3 is 2.45 bits per heavy atom. The summed E-state index contributed by atoms with van der Waals surface area (Å²) in [6, 6.07) is 18.0. The number of carbonyl (C=O) groups is 3. The maximum Gasteiger partial charge on any atom is 0.344 e. The third kappa shape index (κ3) is 4.09. The number of carbonyl (C=O) groups excluding carboxylic acids is 3. The third-order valence-corrected chi connectivity index (χ3v) is 6.50. The van der Waals surface area contributed by atoms with Gasteiger partial charge in [-0.15, -0.1) is 5.10 Å². The SMILES string of the molecule is C[C@@]1(c2ccccc2)NC(=O)N(NC(=O)CSc2nc(C3CC3)n(-c3ccccc3)n2)C1=O. The summed E-state index contributed by atoms with van der Waals surface area (Å²) in [5.74, 6) is 0.186. The summed E-state index contributed by atoms with van der Waals surface area (Å²) in [4.78, 5) is 42.5. The van der Waals surface area contributed by atoms with Crippen molar-refractivity contribution in [1.82, 2.24) is 30.5 Å². The molecule has 2 aliphatic rings. The Bertz CT molecular complexity index is 1210. The molecular formula is C23H22N6O3S. The van der Waals surface area contributed by atoms with Crippen molar-refractivity contribution in [2.24, 2.45) is 0 Å². The van der Waals surface area contributed by atoms with E-state index in [-0.39, 0.29) is 5.75 Å². The Balaban J connectivity index is 1.25. The van der Waals surface area contributed by atoms with Crippen LogP contribution in [0.2, 0.25) is 0 Å². The zero-order chi connectivity index (χ0) is 23.0. The first-order valence-corrected chi connectivity index (χ1v) is 11.6. The van der Waals surface area contributed by atoms with Crippen LogP contribution in [0, 0.1) is 0 Å². The van der Waals surface area contributed by atoms with E-state index < -0.39 is 23.4 Å². The van der Waals surface area contributed by atoms with E-state index in [2.05, 4.69) is 20.8 Å². The molecule has 10 heteroatoms. The Morgan fingerprint density at radius 1 is 1.12 bits per heavy atom. The number of nitrogens with one attached hydrogen (secondary N) is 2. The second kappa shape index (κ2) is 8.36. The van der Waals surface area contributed by atoms with Crippen molar-refractivity contribution >= 4 is 29.6 Å². The molecule has 2 heterocycles. The first kappa shape index (κ1) is 21.2. The minimum atomic E-state index is -1.24. The number of aromatic nitrogens is 3. The lowest BCUT2D eigenvalue weighted by molar-refractivity contribution is -0.138. The molecule has 0 bridgehead atoms. The van der Waals surface area contributed by atoms with Gasteiger partial charge in [-0.25, -0.2) is 14.5 Å². The van der Waals surface area contributed by atoms with E-state index in [4.69, 9.17) is 0 Å². The molecule has 3 aromatic rings. The van der Waals surface area contributed by atoms with Gasteiger partial charge in [0, 0.05) is 5.92 Å². The van der Waals surface area contributed by atoms with Gasteiger partial charge in [0.25, 0.3) is 5.91 Å². The summed E-state index contributed by atoms with van der Waals surface area (Å²) in [6.45, 7) is 1.61. The van der Waals surface area contributed by atoms with Crippen molar-refractivity contribution in [3.05, 3.63) is 72.1 Å². The van der Waals surface area contributed by atoms with Gasteiger partial charge in [0.15, 0.2) is 0 Å². The Labute approximate surface area is 194 Å². The monoisotopic (exact) mass is 462 g/mol. The average Bonchev–Trinajstić information content (AvgIpc) is 3.56. The molecule has 1 saturated carbocycles. The number of benzene rings is 2. The van der Waals surface area contributed by atoms with Crippen molar-refractivity contribution < 1.29 is 14.4 Å². The third-order valence-electron chi connectivity index (χ3n) is 5.67. The summed E-state index contributed by atoms with van der Waals surface area (Å²) in [7, 11) is 0. The first-order valence-electron chi connectivity index (χ1n) is 10.6. The number of amides is 4. The highest BCUT2D eigenvalue weighted by molar-refractivity contribution is 7.99. The number of thioether (sulfide) groups is 1. The van der Waals surface area contributed by atoms with Crippen LogP contribution in [0.25, 0.3) is 5.69 Å². The highest BCUT2D eigenvalue weighted by Gasteiger charge is 2.50. The molecule has 168 valence electrons. The number of hydrogen-bond donors (Lipinski definition) is 2. The standard InChI is InChI=1S/C23H22N6O3S/c1-23(16-8-4-2-5-9-16)20(31)29(22(32)25-23)26-18(30)14-33-21-24-19(15-12-13-15)28(27-21)17-10-6-3-7-11-17/h2-11,15H,12-14H2,1H3,(H,25,32)(H,26,30)/t23-/m0/s1. The average molecular weight is 463 g/mol. The number of imide groups is 1. The molecule has 1 saturated heterocycles. The highest BCUT2D eigenvalue weighted by Crippen LogP contribution is 2.40. The minimum absolute atomic E-state index is 0.0397. The fraction of sp³-hybridized carbons (Fsp3) is 0.261. The molecule has 5 rings (SSSR count). The molecule has 2 N–H and O–H groups in total. The number of urea groups is 1.